The molecule has 1 saturated carbocycles. The van der Waals surface area contributed by atoms with Crippen molar-refractivity contribution in [3.8, 4) is 0 Å². The van der Waals surface area contributed by atoms with E-state index in [0.717, 1.165) is 5.56 Å². The van der Waals surface area contributed by atoms with Crippen molar-refractivity contribution in [3.05, 3.63) is 64.9 Å². The summed E-state index contributed by atoms with van der Waals surface area (Å²) in [5.41, 5.74) is -0.235. The fourth-order valence-electron chi connectivity index (χ4n) is 2.89. The highest BCUT2D eigenvalue weighted by Gasteiger charge is 2.47. The zero-order chi connectivity index (χ0) is 17.2. The molecule has 24 heavy (non-hydrogen) atoms. The minimum absolute atomic E-state index is 0.0247. The van der Waals surface area contributed by atoms with Gasteiger partial charge in [-0.05, 0) is 11.6 Å². The Morgan fingerprint density at radius 3 is 2.67 bits per heavy atom. The van der Waals surface area contributed by atoms with E-state index >= 15 is 0 Å². The zero-order valence-corrected chi connectivity index (χ0v) is 13.7. The number of aliphatic hydroxyl groups excluding tert-OH is 1. The molecule has 126 valence electrons. The van der Waals surface area contributed by atoms with Gasteiger partial charge in [-0.3, -0.25) is 4.79 Å². The van der Waals surface area contributed by atoms with E-state index < -0.39 is 17.8 Å². The summed E-state index contributed by atoms with van der Waals surface area (Å²) in [6, 6.07) is 12.6. The second-order valence-corrected chi connectivity index (χ2v) is 6.36. The van der Waals surface area contributed by atoms with Crippen LogP contribution in [-0.2, 0) is 21.7 Å². The summed E-state index contributed by atoms with van der Waals surface area (Å²) < 4.78 is 5.70. The van der Waals surface area contributed by atoms with Crippen LogP contribution in [-0.4, -0.2) is 33.2 Å². The molecular weight excluding hydrogens is 330 g/mol. The lowest BCUT2D eigenvalue weighted by Gasteiger charge is -2.39. The van der Waals surface area contributed by atoms with Gasteiger partial charge in [0.2, 0.25) is 0 Å². The first-order chi connectivity index (χ1) is 11.5. The monoisotopic (exact) mass is 347 g/mol. The van der Waals surface area contributed by atoms with Crippen LogP contribution in [0.25, 0.3) is 0 Å². The van der Waals surface area contributed by atoms with Crippen LogP contribution in [0.2, 0.25) is 5.15 Å². The molecule has 3 atom stereocenters. The van der Waals surface area contributed by atoms with Crippen LogP contribution in [0.4, 0.5) is 0 Å². The lowest BCUT2D eigenvalue weighted by Crippen LogP contribution is -2.51. The van der Waals surface area contributed by atoms with Crippen LogP contribution in [0.5, 0.6) is 0 Å². The first kappa shape index (κ1) is 17.0. The van der Waals surface area contributed by atoms with Gasteiger partial charge in [-0.15, -0.1) is 0 Å². The predicted octanol–water partition coefficient (Wildman–Crippen LogP) is 2.23. The van der Waals surface area contributed by atoms with Gasteiger partial charge < -0.3 is 14.9 Å². The van der Waals surface area contributed by atoms with E-state index in [1.807, 2.05) is 30.3 Å². The van der Waals surface area contributed by atoms with Crippen molar-refractivity contribution in [2.24, 2.45) is 0 Å². The average molecular weight is 348 g/mol. The number of pyridine rings is 1. The maximum Gasteiger partial charge on any atom is 0.164 e. The van der Waals surface area contributed by atoms with Crippen LogP contribution in [0.3, 0.4) is 0 Å². The lowest BCUT2D eigenvalue weighted by molar-refractivity contribution is -0.168. The Bertz CT molecular complexity index is 707. The highest BCUT2D eigenvalue weighted by Crippen LogP contribution is 2.37. The van der Waals surface area contributed by atoms with Gasteiger partial charge in [0.15, 0.2) is 5.78 Å². The molecule has 1 fully saturated rings. The van der Waals surface area contributed by atoms with Gasteiger partial charge in [-0.2, -0.15) is 0 Å². The normalized spacial score (nSPS) is 27.2. The molecule has 0 radical (unpaired) electrons. The van der Waals surface area contributed by atoms with Crippen molar-refractivity contribution in [1.29, 1.82) is 0 Å². The lowest BCUT2D eigenvalue weighted by atomic mass is 9.76. The highest BCUT2D eigenvalue weighted by atomic mass is 35.5. The Labute approximate surface area is 144 Å². The van der Waals surface area contributed by atoms with Crippen LogP contribution in [0.15, 0.2) is 48.7 Å². The van der Waals surface area contributed by atoms with Crippen molar-refractivity contribution >= 4 is 17.4 Å². The summed E-state index contributed by atoms with van der Waals surface area (Å²) in [6.45, 7) is 0.266. The number of aromatic nitrogens is 1. The van der Waals surface area contributed by atoms with Crippen LogP contribution in [0, 0.1) is 0 Å². The molecule has 0 bridgehead atoms. The zero-order valence-electron chi connectivity index (χ0n) is 12.9. The number of ether oxygens (including phenoxy) is 1. The smallest absolute Gasteiger partial charge is 0.164 e. The predicted molar refractivity (Wildman–Crippen MR) is 88.4 cm³/mol. The van der Waals surface area contributed by atoms with Crippen LogP contribution in [0.1, 0.15) is 24.0 Å². The number of hydrogen-bond acceptors (Lipinski definition) is 5. The van der Waals surface area contributed by atoms with Gasteiger partial charge in [0.05, 0.1) is 12.7 Å². The van der Waals surface area contributed by atoms with Crippen LogP contribution >= 0.6 is 11.6 Å². The minimum atomic E-state index is -1.59. The molecule has 5 nitrogen and oxygen atoms in total. The Morgan fingerprint density at radius 2 is 2.00 bits per heavy atom. The van der Waals surface area contributed by atoms with Crippen molar-refractivity contribution < 1.29 is 19.7 Å². The van der Waals surface area contributed by atoms with Gasteiger partial charge in [0.25, 0.3) is 0 Å². The van der Waals surface area contributed by atoms with E-state index in [0.29, 0.717) is 10.7 Å². The van der Waals surface area contributed by atoms with Crippen LogP contribution < -0.4 is 0 Å². The summed E-state index contributed by atoms with van der Waals surface area (Å²) in [5, 5.41) is 21.5. The van der Waals surface area contributed by atoms with Gasteiger partial charge in [-0.1, -0.05) is 48.0 Å². The fourth-order valence-corrected chi connectivity index (χ4v) is 3.00. The SMILES string of the molecule is O=C1C[C@@H](O)[C@@](O)(c2ccc(Cl)nc2)C[C@@H]1OCc1ccccc1. The maximum atomic E-state index is 12.2. The molecule has 0 spiro atoms. The molecule has 0 unspecified atom stereocenters. The van der Waals surface area contributed by atoms with E-state index in [4.69, 9.17) is 16.3 Å². The van der Waals surface area contributed by atoms with Crippen molar-refractivity contribution in [3.63, 3.8) is 0 Å². The standard InChI is InChI=1S/C18H18ClNO4/c19-17-7-6-13(10-20-17)18(23)9-15(14(21)8-16(18)22)24-11-12-4-2-1-3-5-12/h1-7,10,15-16,22-23H,8-9,11H2/t15-,16+,18-/m0/s1. The van der Waals surface area contributed by atoms with Crippen molar-refractivity contribution in [2.75, 3.05) is 0 Å². The molecule has 1 aromatic heterocycles. The molecule has 6 heteroatoms. The topological polar surface area (TPSA) is 79.7 Å². The number of carbonyl (C=O) groups excluding carboxylic acids is 1. The fraction of sp³-hybridized carbons (Fsp3) is 0.333. The minimum Gasteiger partial charge on any atom is -0.389 e. The number of Topliss-reactive ketones (excluding diaryl/α,β-unsaturated/α-hetero) is 1. The Hall–Kier alpha value is -1.79. The molecule has 1 aromatic carbocycles. The second kappa shape index (κ2) is 6.99. The average Bonchev–Trinajstić information content (AvgIpc) is 2.58. The molecule has 0 aliphatic heterocycles. The molecule has 1 aliphatic rings. The third kappa shape index (κ3) is 3.49. The number of nitrogens with zero attached hydrogens (tertiary/aromatic N) is 1. The number of ketones is 1. The van der Waals surface area contributed by atoms with Gasteiger partial charge in [0.1, 0.15) is 16.9 Å². The molecular formula is C18H18ClNO4. The Morgan fingerprint density at radius 1 is 1.25 bits per heavy atom. The molecule has 1 heterocycles. The number of benzene rings is 1. The third-order valence-corrected chi connectivity index (χ3v) is 4.55. The summed E-state index contributed by atoms with van der Waals surface area (Å²) in [7, 11) is 0. The van der Waals surface area contributed by atoms with E-state index in [1.54, 1.807) is 6.07 Å². The first-order valence-electron chi connectivity index (χ1n) is 7.70. The quantitative estimate of drug-likeness (QED) is 0.829. The second-order valence-electron chi connectivity index (χ2n) is 5.97. The third-order valence-electron chi connectivity index (χ3n) is 4.32. The van der Waals surface area contributed by atoms with Gasteiger partial charge in [-0.25, -0.2) is 4.98 Å². The Kier molecular flexibility index (Phi) is 4.96. The number of rotatable bonds is 4. The largest absolute Gasteiger partial charge is 0.389 e. The van der Waals surface area contributed by atoms with Crippen molar-refractivity contribution in [1.82, 2.24) is 4.98 Å². The number of halogens is 1. The molecule has 0 amide bonds. The van der Waals surface area contributed by atoms with E-state index in [2.05, 4.69) is 4.98 Å². The summed E-state index contributed by atoms with van der Waals surface area (Å²) >= 11 is 5.77. The molecule has 0 saturated heterocycles. The number of aliphatic hydroxyl groups is 2. The first-order valence-corrected chi connectivity index (χ1v) is 8.07. The van der Waals surface area contributed by atoms with Crippen molar-refractivity contribution in [2.45, 2.75) is 37.3 Å². The molecule has 2 aromatic rings. The summed E-state index contributed by atoms with van der Waals surface area (Å²) in [5.74, 6) is -0.218. The van der Waals surface area contributed by atoms with E-state index in [-0.39, 0.29) is 25.2 Å². The highest BCUT2D eigenvalue weighted by molar-refractivity contribution is 6.29. The summed E-state index contributed by atoms with van der Waals surface area (Å²) in [4.78, 5) is 16.1. The molecule has 1 aliphatic carbocycles. The Balaban J connectivity index is 1.76. The van der Waals surface area contributed by atoms with E-state index in [1.165, 1.54) is 12.3 Å². The maximum absolute atomic E-state index is 12.2. The van der Waals surface area contributed by atoms with E-state index in [9.17, 15) is 15.0 Å². The van der Waals surface area contributed by atoms with Gasteiger partial charge in [0, 0.05) is 24.6 Å². The summed E-state index contributed by atoms with van der Waals surface area (Å²) in [6.07, 6.45) is -0.768. The van der Waals surface area contributed by atoms with Gasteiger partial charge >= 0.3 is 0 Å². The number of hydrogen-bond donors (Lipinski definition) is 2. The molecule has 3 rings (SSSR count). The number of carbonyl (C=O) groups is 1. The molecule has 2 N–H and O–H groups in total.